The molecule has 0 spiro atoms. The number of hydrogen-bond acceptors (Lipinski definition) is 3. The van der Waals surface area contributed by atoms with E-state index in [1.165, 1.54) is 0 Å². The van der Waals surface area contributed by atoms with Gasteiger partial charge in [0.1, 0.15) is 0 Å². The second-order valence-corrected chi connectivity index (χ2v) is 7.42. The van der Waals surface area contributed by atoms with E-state index >= 15 is 0 Å². The summed E-state index contributed by atoms with van der Waals surface area (Å²) in [5.41, 5.74) is 3.29. The maximum absolute atomic E-state index is 12.7. The van der Waals surface area contributed by atoms with Gasteiger partial charge in [-0.25, -0.2) is 4.68 Å². The number of nitrogens with one attached hydrogen (secondary N) is 1. The quantitative estimate of drug-likeness (QED) is 0.629. The molecule has 0 aliphatic heterocycles. The molecule has 1 heterocycles. The molecule has 6 heteroatoms. The van der Waals surface area contributed by atoms with E-state index in [2.05, 4.69) is 12.2 Å². The molecule has 1 aromatic heterocycles. The molecule has 2 aromatic carbocycles. The van der Waals surface area contributed by atoms with Crippen molar-refractivity contribution in [2.45, 2.75) is 19.8 Å². The molecule has 0 fully saturated rings. The first-order chi connectivity index (χ1) is 12.5. The van der Waals surface area contributed by atoms with Crippen LogP contribution in [0, 0.1) is 5.92 Å². The van der Waals surface area contributed by atoms with Crippen molar-refractivity contribution in [3.05, 3.63) is 69.8 Å². The molecule has 1 atom stereocenters. The van der Waals surface area contributed by atoms with Gasteiger partial charge >= 0.3 is 0 Å². The molecule has 0 amide bonds. The molecule has 0 radical (unpaired) electrons. The van der Waals surface area contributed by atoms with Crippen LogP contribution in [0.1, 0.15) is 29.4 Å². The van der Waals surface area contributed by atoms with Crippen LogP contribution in [0.3, 0.4) is 0 Å². The topological polar surface area (TPSA) is 46.9 Å². The van der Waals surface area contributed by atoms with Crippen molar-refractivity contribution in [3.8, 4) is 5.69 Å². The first-order valence-corrected chi connectivity index (χ1v) is 9.21. The van der Waals surface area contributed by atoms with Crippen LogP contribution in [0.4, 0.5) is 11.5 Å². The third-order valence-corrected chi connectivity index (χ3v) is 5.26. The standard InChI is InChI=1S/C20H17Cl2N3O/c1-12-9-17-19(18(26)10-12)20(23-13-7-8-15(21)16(22)11-13)24-25(17)14-5-3-2-4-6-14/h2-8,11-12H,9-10H2,1H3,(H,23,24)/t12-/m0/s1. The van der Waals surface area contributed by atoms with E-state index in [4.69, 9.17) is 28.3 Å². The van der Waals surface area contributed by atoms with E-state index in [1.807, 2.05) is 41.1 Å². The number of para-hydroxylation sites is 1. The highest BCUT2D eigenvalue weighted by Gasteiger charge is 2.31. The van der Waals surface area contributed by atoms with Crippen molar-refractivity contribution in [2.24, 2.45) is 5.92 Å². The lowest BCUT2D eigenvalue weighted by atomic mass is 9.87. The fourth-order valence-corrected chi connectivity index (χ4v) is 3.63. The van der Waals surface area contributed by atoms with Crippen molar-refractivity contribution in [1.29, 1.82) is 0 Å². The minimum atomic E-state index is 0.114. The number of carbonyl (C=O) groups is 1. The number of rotatable bonds is 3. The summed E-state index contributed by atoms with van der Waals surface area (Å²) in [4.78, 5) is 12.7. The van der Waals surface area contributed by atoms with E-state index < -0.39 is 0 Å². The second-order valence-electron chi connectivity index (χ2n) is 6.61. The SMILES string of the molecule is C[C@@H]1CC(=O)c2c(Nc3ccc(Cl)c(Cl)c3)nn(-c3ccccc3)c2C1. The summed E-state index contributed by atoms with van der Waals surface area (Å²) < 4.78 is 1.86. The van der Waals surface area contributed by atoms with Crippen LogP contribution in [0.2, 0.25) is 10.0 Å². The van der Waals surface area contributed by atoms with Crippen LogP contribution in [0.15, 0.2) is 48.5 Å². The summed E-state index contributed by atoms with van der Waals surface area (Å²) in [6.45, 7) is 2.09. The maximum atomic E-state index is 12.7. The Morgan fingerprint density at radius 2 is 1.85 bits per heavy atom. The average Bonchev–Trinajstić information content (AvgIpc) is 2.97. The van der Waals surface area contributed by atoms with Gasteiger partial charge in [0.2, 0.25) is 0 Å². The summed E-state index contributed by atoms with van der Waals surface area (Å²) in [7, 11) is 0. The largest absolute Gasteiger partial charge is 0.338 e. The third kappa shape index (κ3) is 3.11. The summed E-state index contributed by atoms with van der Waals surface area (Å²) >= 11 is 12.1. The Bertz CT molecular complexity index is 982. The van der Waals surface area contributed by atoms with Crippen molar-refractivity contribution in [1.82, 2.24) is 9.78 Å². The first-order valence-electron chi connectivity index (χ1n) is 8.45. The monoisotopic (exact) mass is 385 g/mol. The number of nitrogens with zero attached hydrogens (tertiary/aromatic N) is 2. The molecule has 0 saturated carbocycles. The van der Waals surface area contributed by atoms with E-state index in [0.717, 1.165) is 23.5 Å². The Morgan fingerprint density at radius 3 is 2.58 bits per heavy atom. The number of aromatic nitrogens is 2. The highest BCUT2D eigenvalue weighted by atomic mass is 35.5. The normalized spacial score (nSPS) is 16.4. The van der Waals surface area contributed by atoms with Crippen LogP contribution >= 0.6 is 23.2 Å². The Kier molecular flexibility index (Phi) is 4.47. The van der Waals surface area contributed by atoms with Crippen molar-refractivity contribution < 1.29 is 4.79 Å². The molecular formula is C20H17Cl2N3O. The molecule has 26 heavy (non-hydrogen) atoms. The predicted molar refractivity (Wildman–Crippen MR) is 105 cm³/mol. The van der Waals surface area contributed by atoms with E-state index in [9.17, 15) is 4.79 Å². The smallest absolute Gasteiger partial charge is 0.168 e. The van der Waals surface area contributed by atoms with Crippen LogP contribution in [0.5, 0.6) is 0 Å². The third-order valence-electron chi connectivity index (χ3n) is 4.52. The van der Waals surface area contributed by atoms with E-state index in [-0.39, 0.29) is 5.78 Å². The Hall–Kier alpha value is -2.30. The zero-order chi connectivity index (χ0) is 18.3. The van der Waals surface area contributed by atoms with Crippen LogP contribution < -0.4 is 5.32 Å². The van der Waals surface area contributed by atoms with Gasteiger partial charge in [-0.2, -0.15) is 0 Å². The van der Waals surface area contributed by atoms with Gasteiger partial charge in [-0.05, 0) is 42.7 Å². The highest BCUT2D eigenvalue weighted by molar-refractivity contribution is 6.42. The molecule has 132 valence electrons. The van der Waals surface area contributed by atoms with Crippen LogP contribution in [-0.2, 0) is 6.42 Å². The second kappa shape index (κ2) is 6.78. The number of fused-ring (bicyclic) bond motifs is 1. The molecule has 1 aliphatic rings. The van der Waals surface area contributed by atoms with E-state index in [1.54, 1.807) is 12.1 Å². The summed E-state index contributed by atoms with van der Waals surface area (Å²) in [5.74, 6) is 0.967. The highest BCUT2D eigenvalue weighted by Crippen LogP contribution is 2.34. The Morgan fingerprint density at radius 1 is 1.08 bits per heavy atom. The number of carbonyl (C=O) groups excluding carboxylic acids is 1. The number of halogens is 2. The van der Waals surface area contributed by atoms with Gasteiger partial charge in [-0.3, -0.25) is 4.79 Å². The lowest BCUT2D eigenvalue weighted by Gasteiger charge is -2.19. The number of ketones is 1. The average molecular weight is 386 g/mol. The van der Waals surface area contributed by atoms with Gasteiger partial charge in [0, 0.05) is 12.1 Å². The molecule has 0 unspecified atom stereocenters. The molecule has 3 aromatic rings. The molecule has 0 bridgehead atoms. The van der Waals surface area contributed by atoms with Crippen molar-refractivity contribution in [2.75, 3.05) is 5.32 Å². The van der Waals surface area contributed by atoms with Crippen LogP contribution in [-0.4, -0.2) is 15.6 Å². The minimum absolute atomic E-state index is 0.114. The van der Waals surface area contributed by atoms with Gasteiger partial charge in [0.25, 0.3) is 0 Å². The lowest BCUT2D eigenvalue weighted by molar-refractivity contribution is 0.0953. The zero-order valence-electron chi connectivity index (χ0n) is 14.2. The van der Waals surface area contributed by atoms with Gasteiger partial charge in [0.15, 0.2) is 11.6 Å². The van der Waals surface area contributed by atoms with Gasteiger partial charge in [0.05, 0.1) is 27.0 Å². The molecule has 1 aliphatic carbocycles. The molecule has 4 nitrogen and oxygen atoms in total. The summed E-state index contributed by atoms with van der Waals surface area (Å²) in [6.07, 6.45) is 1.34. The van der Waals surface area contributed by atoms with Crippen molar-refractivity contribution >= 4 is 40.5 Å². The van der Waals surface area contributed by atoms with Gasteiger partial charge in [-0.15, -0.1) is 5.10 Å². The Balaban J connectivity index is 1.82. The Labute approximate surface area is 161 Å². The number of Topliss-reactive ketones (excluding diaryl/α,β-unsaturated/α-hetero) is 1. The number of hydrogen-bond donors (Lipinski definition) is 1. The van der Waals surface area contributed by atoms with E-state index in [0.29, 0.717) is 33.8 Å². The summed E-state index contributed by atoms with van der Waals surface area (Å²) in [6, 6.07) is 15.1. The fraction of sp³-hybridized carbons (Fsp3) is 0.200. The van der Waals surface area contributed by atoms with Crippen LogP contribution in [0.25, 0.3) is 5.69 Å². The molecule has 0 saturated heterocycles. The first kappa shape index (κ1) is 17.1. The fourth-order valence-electron chi connectivity index (χ4n) is 3.34. The zero-order valence-corrected chi connectivity index (χ0v) is 15.7. The van der Waals surface area contributed by atoms with Crippen molar-refractivity contribution in [3.63, 3.8) is 0 Å². The van der Waals surface area contributed by atoms with Gasteiger partial charge < -0.3 is 5.32 Å². The maximum Gasteiger partial charge on any atom is 0.168 e. The minimum Gasteiger partial charge on any atom is -0.338 e. The van der Waals surface area contributed by atoms with Gasteiger partial charge in [-0.1, -0.05) is 48.3 Å². The molecule has 1 N–H and O–H groups in total. The number of anilines is 2. The summed E-state index contributed by atoms with van der Waals surface area (Å²) in [5, 5.41) is 8.88. The number of benzene rings is 2. The molecule has 4 rings (SSSR count). The molecular weight excluding hydrogens is 369 g/mol. The predicted octanol–water partition coefficient (Wildman–Crippen LogP) is 5.69. The lowest BCUT2D eigenvalue weighted by Crippen LogP contribution is -2.19.